The zero-order valence-corrected chi connectivity index (χ0v) is 4.99. The van der Waals surface area contributed by atoms with Crippen LogP contribution in [0.4, 0.5) is 0 Å². The summed E-state index contributed by atoms with van der Waals surface area (Å²) in [4.78, 5) is 7.85. The minimum absolute atomic E-state index is 0.542. The molecule has 1 aliphatic heterocycles. The van der Waals surface area contributed by atoms with Crippen molar-refractivity contribution in [3.8, 4) is 0 Å². The third-order valence-electron chi connectivity index (χ3n) is 0.816. The molecule has 0 saturated carbocycles. The van der Waals surface area contributed by atoms with Crippen LogP contribution >= 0.6 is 0 Å². The molecule has 0 unspecified atom stereocenters. The second kappa shape index (κ2) is 3.77. The van der Waals surface area contributed by atoms with Crippen molar-refractivity contribution in [1.29, 1.82) is 0 Å². The maximum absolute atomic E-state index is 3.93. The van der Waals surface area contributed by atoms with Gasteiger partial charge in [-0.05, 0) is 0 Å². The average Bonchev–Trinajstić information content (AvgIpc) is 2.00. The molecule has 0 spiro atoms. The highest BCUT2D eigenvalue weighted by Gasteiger charge is 1.76. The van der Waals surface area contributed by atoms with Gasteiger partial charge in [-0.25, -0.2) is 0 Å². The number of hydrogen-bond donors (Lipinski definition) is 1. The molecule has 0 aliphatic carbocycles. The smallest absolute Gasteiger partial charge is 0.123 e. The molecule has 1 rings (SSSR count). The van der Waals surface area contributed by atoms with Crippen molar-refractivity contribution in [1.82, 2.24) is 5.43 Å². The van der Waals surface area contributed by atoms with E-state index in [2.05, 4.69) is 20.5 Å². The Bertz CT molecular complexity index is 147. The minimum atomic E-state index is 0.542. The summed E-state index contributed by atoms with van der Waals surface area (Å²) in [6, 6.07) is 0. The van der Waals surface area contributed by atoms with Gasteiger partial charge in [0.2, 0.25) is 0 Å². The molecule has 0 aromatic heterocycles. The van der Waals surface area contributed by atoms with Crippen LogP contribution in [0, 0.1) is 0 Å². The van der Waals surface area contributed by atoms with E-state index in [-0.39, 0.29) is 0 Å². The molecule has 4 heteroatoms. The largest absolute Gasteiger partial charge is 0.289 e. The summed E-state index contributed by atoms with van der Waals surface area (Å²) in [5, 5.41) is 3.75. The third kappa shape index (κ3) is 2.58. The highest BCUT2D eigenvalue weighted by Crippen LogP contribution is 1.68. The van der Waals surface area contributed by atoms with Gasteiger partial charge in [-0.1, -0.05) is 0 Å². The summed E-state index contributed by atoms with van der Waals surface area (Å²) in [7, 11) is 0. The number of nitrogens with zero attached hydrogens (tertiary/aromatic N) is 3. The van der Waals surface area contributed by atoms with Crippen LogP contribution in [0.15, 0.2) is 15.1 Å². The second-order valence-corrected chi connectivity index (χ2v) is 1.47. The van der Waals surface area contributed by atoms with E-state index in [9.17, 15) is 0 Å². The van der Waals surface area contributed by atoms with E-state index in [1.54, 1.807) is 18.6 Å². The van der Waals surface area contributed by atoms with Gasteiger partial charge in [-0.15, -0.1) is 0 Å². The topological polar surface area (TPSA) is 49.1 Å². The van der Waals surface area contributed by atoms with Crippen molar-refractivity contribution < 1.29 is 0 Å². The SMILES string of the molecule is C1=NCC=NCNN=C1. The fourth-order valence-corrected chi connectivity index (χ4v) is 0.445. The Kier molecular flexibility index (Phi) is 2.49. The zero-order chi connectivity index (χ0) is 6.36. The molecule has 4 nitrogen and oxygen atoms in total. The molecule has 0 saturated heterocycles. The van der Waals surface area contributed by atoms with Crippen LogP contribution < -0.4 is 5.43 Å². The van der Waals surface area contributed by atoms with E-state index >= 15 is 0 Å². The molecule has 0 atom stereocenters. The molecule has 0 amide bonds. The Hall–Kier alpha value is -1.19. The second-order valence-electron chi connectivity index (χ2n) is 1.47. The van der Waals surface area contributed by atoms with Crippen LogP contribution in [0.5, 0.6) is 0 Å². The summed E-state index contributed by atoms with van der Waals surface area (Å²) in [5.41, 5.74) is 2.71. The van der Waals surface area contributed by atoms with Crippen molar-refractivity contribution in [2.45, 2.75) is 0 Å². The predicted molar refractivity (Wildman–Crippen MR) is 38.3 cm³/mol. The molecular formula is C5H8N4. The molecular weight excluding hydrogens is 116 g/mol. The van der Waals surface area contributed by atoms with Gasteiger partial charge in [0.15, 0.2) is 0 Å². The number of hydrazone groups is 1. The first-order valence-electron chi connectivity index (χ1n) is 2.73. The molecule has 0 aromatic rings. The molecule has 1 N–H and O–H groups in total. The third-order valence-corrected chi connectivity index (χ3v) is 0.816. The average molecular weight is 124 g/mol. The number of nitrogens with one attached hydrogen (secondary N) is 1. The normalized spacial score (nSPS) is 17.8. The lowest BCUT2D eigenvalue weighted by atomic mass is 10.7. The standard InChI is InChI=1S/C5H8N4/c1-2-7-5-9-8-4-3-6-1/h2-4,9H,1,5H2. The molecule has 0 aromatic carbocycles. The van der Waals surface area contributed by atoms with Gasteiger partial charge in [0.1, 0.15) is 6.67 Å². The summed E-state index contributed by atoms with van der Waals surface area (Å²) in [6.45, 7) is 1.19. The summed E-state index contributed by atoms with van der Waals surface area (Å²) >= 11 is 0. The predicted octanol–water partition coefficient (Wildman–Crippen LogP) is -0.326. The minimum Gasteiger partial charge on any atom is -0.289 e. The van der Waals surface area contributed by atoms with Crippen molar-refractivity contribution in [2.24, 2.45) is 15.1 Å². The Morgan fingerprint density at radius 2 is 2.22 bits per heavy atom. The zero-order valence-electron chi connectivity index (χ0n) is 4.99. The van der Waals surface area contributed by atoms with Gasteiger partial charge in [0.25, 0.3) is 0 Å². The Morgan fingerprint density at radius 1 is 1.22 bits per heavy atom. The fraction of sp³-hybridized carbons (Fsp3) is 0.400. The number of hydrogen-bond acceptors (Lipinski definition) is 4. The van der Waals surface area contributed by atoms with Crippen LogP contribution in [0.1, 0.15) is 0 Å². The Morgan fingerprint density at radius 3 is 3.22 bits per heavy atom. The summed E-state index contributed by atoms with van der Waals surface area (Å²) < 4.78 is 0. The number of rotatable bonds is 0. The molecule has 48 valence electrons. The molecule has 0 fully saturated rings. The van der Waals surface area contributed by atoms with Gasteiger partial charge in [0.05, 0.1) is 12.8 Å². The first kappa shape index (κ1) is 5.94. The molecule has 1 aliphatic rings. The first-order chi connectivity index (χ1) is 4.50. The van der Waals surface area contributed by atoms with Crippen LogP contribution in [-0.4, -0.2) is 31.9 Å². The van der Waals surface area contributed by atoms with E-state index in [0.29, 0.717) is 13.2 Å². The molecule has 9 heavy (non-hydrogen) atoms. The first-order valence-corrected chi connectivity index (χ1v) is 2.73. The maximum Gasteiger partial charge on any atom is 0.123 e. The van der Waals surface area contributed by atoms with E-state index in [1.165, 1.54) is 0 Å². The van der Waals surface area contributed by atoms with E-state index in [0.717, 1.165) is 0 Å². The van der Waals surface area contributed by atoms with Gasteiger partial charge < -0.3 is 0 Å². The Balaban J connectivity index is 2.43. The van der Waals surface area contributed by atoms with Crippen LogP contribution in [-0.2, 0) is 0 Å². The van der Waals surface area contributed by atoms with E-state index in [4.69, 9.17) is 0 Å². The molecule has 0 bridgehead atoms. The van der Waals surface area contributed by atoms with Crippen molar-refractivity contribution in [3.05, 3.63) is 0 Å². The monoisotopic (exact) mass is 124 g/mol. The van der Waals surface area contributed by atoms with E-state index in [1.807, 2.05) is 0 Å². The fourth-order valence-electron chi connectivity index (χ4n) is 0.445. The quantitative estimate of drug-likeness (QED) is 0.472. The lowest BCUT2D eigenvalue weighted by molar-refractivity contribution is 0.769. The number of aliphatic imine (C=N–C) groups is 2. The molecule has 0 radical (unpaired) electrons. The van der Waals surface area contributed by atoms with Gasteiger partial charge in [-0.3, -0.25) is 15.4 Å². The lowest BCUT2D eigenvalue weighted by Crippen LogP contribution is -2.04. The maximum atomic E-state index is 3.93. The summed E-state index contributed by atoms with van der Waals surface area (Å²) in [5.74, 6) is 0. The lowest BCUT2D eigenvalue weighted by Gasteiger charge is -1.88. The van der Waals surface area contributed by atoms with Crippen molar-refractivity contribution in [2.75, 3.05) is 13.2 Å². The van der Waals surface area contributed by atoms with Gasteiger partial charge in [-0.2, -0.15) is 5.10 Å². The van der Waals surface area contributed by atoms with Crippen molar-refractivity contribution in [3.63, 3.8) is 0 Å². The van der Waals surface area contributed by atoms with Crippen molar-refractivity contribution >= 4 is 18.6 Å². The molecule has 1 heterocycles. The van der Waals surface area contributed by atoms with E-state index < -0.39 is 0 Å². The Labute approximate surface area is 53.4 Å². The summed E-state index contributed by atoms with van der Waals surface area (Å²) in [6.07, 6.45) is 5.00. The van der Waals surface area contributed by atoms with Gasteiger partial charge in [0, 0.05) is 12.4 Å². The highest BCUT2D eigenvalue weighted by molar-refractivity contribution is 6.16. The van der Waals surface area contributed by atoms with Crippen LogP contribution in [0.2, 0.25) is 0 Å². The highest BCUT2D eigenvalue weighted by atomic mass is 15.3. The van der Waals surface area contributed by atoms with Crippen LogP contribution in [0.25, 0.3) is 0 Å². The van der Waals surface area contributed by atoms with Gasteiger partial charge >= 0.3 is 0 Å². The van der Waals surface area contributed by atoms with Crippen LogP contribution in [0.3, 0.4) is 0 Å².